The zero-order chi connectivity index (χ0) is 20.5. The van der Waals surface area contributed by atoms with Crippen LogP contribution in [0.25, 0.3) is 0 Å². The number of unbranched alkanes of at least 4 members (excludes halogenated alkanes) is 1. The Bertz CT molecular complexity index is 893. The van der Waals surface area contributed by atoms with Gasteiger partial charge >= 0.3 is 0 Å². The topological polar surface area (TPSA) is 51.2 Å². The van der Waals surface area contributed by atoms with Crippen molar-refractivity contribution in [2.75, 3.05) is 26.8 Å². The van der Waals surface area contributed by atoms with Crippen LogP contribution < -0.4 is 9.47 Å². The first-order valence-corrected chi connectivity index (χ1v) is 11.8. The minimum absolute atomic E-state index is 0.137. The van der Waals surface area contributed by atoms with Gasteiger partial charge in [-0.25, -0.2) is 0 Å². The molecule has 1 spiro atoms. The van der Waals surface area contributed by atoms with Crippen molar-refractivity contribution in [3.63, 3.8) is 0 Å². The third-order valence-electron chi connectivity index (χ3n) is 8.36. The van der Waals surface area contributed by atoms with Crippen molar-refractivity contribution < 1.29 is 19.3 Å². The van der Waals surface area contributed by atoms with Crippen LogP contribution in [0.5, 0.6) is 11.5 Å². The molecule has 0 aromatic heterocycles. The number of piperidine rings is 1. The Hall–Kier alpha value is -1.72. The molecule has 1 aromatic carbocycles. The van der Waals surface area contributed by atoms with Crippen LogP contribution in [0.1, 0.15) is 56.6 Å². The molecule has 2 heterocycles. The number of methoxy groups -OCH3 is 1. The fourth-order valence-electron chi connectivity index (χ4n) is 6.69. The van der Waals surface area contributed by atoms with Gasteiger partial charge in [0.15, 0.2) is 17.6 Å². The van der Waals surface area contributed by atoms with Crippen LogP contribution in [-0.2, 0) is 16.6 Å². The predicted molar refractivity (Wildman–Crippen MR) is 114 cm³/mol. The molecule has 0 radical (unpaired) electrons. The van der Waals surface area contributed by atoms with Crippen molar-refractivity contribution >= 4 is 0 Å². The van der Waals surface area contributed by atoms with Gasteiger partial charge in [0.05, 0.1) is 24.7 Å². The number of ether oxygens (including phenoxy) is 3. The van der Waals surface area contributed by atoms with E-state index in [4.69, 9.17) is 14.2 Å². The number of likely N-dealkylation sites (tertiary alicyclic amines) is 1. The quantitative estimate of drug-likeness (QED) is 0.695. The van der Waals surface area contributed by atoms with Gasteiger partial charge in [-0.15, -0.1) is 0 Å². The first kappa shape index (κ1) is 19.0. The van der Waals surface area contributed by atoms with E-state index >= 15 is 0 Å². The maximum atomic E-state index is 12.4. The highest BCUT2D eigenvalue weighted by molar-refractivity contribution is 5.64. The highest BCUT2D eigenvalue weighted by Gasteiger charge is 2.72. The van der Waals surface area contributed by atoms with Gasteiger partial charge in [0.25, 0.3) is 0 Å². The van der Waals surface area contributed by atoms with Crippen molar-refractivity contribution in [2.45, 2.75) is 75.0 Å². The average molecular weight is 412 g/mol. The summed E-state index contributed by atoms with van der Waals surface area (Å²) in [5.41, 5.74) is 1.26. The maximum Gasteiger partial charge on any atom is 0.168 e. The summed E-state index contributed by atoms with van der Waals surface area (Å²) in [5.74, 6) is 3.35. The molecular formula is C25H33NO4. The summed E-state index contributed by atoms with van der Waals surface area (Å²) in [4.78, 5) is 2.58. The largest absolute Gasteiger partial charge is 0.497 e. The molecule has 5 nitrogen and oxygen atoms in total. The second-order valence-electron chi connectivity index (χ2n) is 9.95. The molecule has 30 heavy (non-hydrogen) atoms. The van der Waals surface area contributed by atoms with Gasteiger partial charge in [-0.1, -0.05) is 19.4 Å². The summed E-state index contributed by atoms with van der Waals surface area (Å²) < 4.78 is 18.6. The number of benzene rings is 1. The highest BCUT2D eigenvalue weighted by atomic mass is 16.6. The second-order valence-corrected chi connectivity index (χ2v) is 9.95. The summed E-state index contributed by atoms with van der Waals surface area (Å²) in [6.07, 6.45) is 9.02. The Kier molecular flexibility index (Phi) is 4.20. The Balaban J connectivity index is 1.48. The first-order valence-electron chi connectivity index (χ1n) is 11.8. The van der Waals surface area contributed by atoms with Crippen LogP contribution in [0.4, 0.5) is 0 Å². The lowest BCUT2D eigenvalue weighted by atomic mass is 9.50. The van der Waals surface area contributed by atoms with E-state index in [2.05, 4.69) is 30.0 Å². The first-order chi connectivity index (χ1) is 14.6. The predicted octanol–water partition coefficient (Wildman–Crippen LogP) is 3.57. The molecule has 2 fully saturated rings. The van der Waals surface area contributed by atoms with E-state index in [-0.39, 0.29) is 12.1 Å². The second kappa shape index (κ2) is 6.64. The molecule has 0 unspecified atom stereocenters. The minimum atomic E-state index is -0.826. The average Bonchev–Trinajstić information content (AvgIpc) is 3.48. The lowest BCUT2D eigenvalue weighted by molar-refractivity contribution is -0.169. The zero-order valence-electron chi connectivity index (χ0n) is 18.2. The van der Waals surface area contributed by atoms with E-state index in [1.165, 1.54) is 24.0 Å². The van der Waals surface area contributed by atoms with E-state index in [0.717, 1.165) is 61.9 Å². The van der Waals surface area contributed by atoms with Crippen LogP contribution in [0.15, 0.2) is 24.0 Å². The van der Waals surface area contributed by atoms with Gasteiger partial charge in [0.1, 0.15) is 5.76 Å². The molecule has 2 bridgehead atoms. The van der Waals surface area contributed by atoms with E-state index in [1.54, 1.807) is 7.11 Å². The van der Waals surface area contributed by atoms with Crippen molar-refractivity contribution in [2.24, 2.45) is 5.92 Å². The summed E-state index contributed by atoms with van der Waals surface area (Å²) in [5, 5.41) is 12.4. The monoisotopic (exact) mass is 411 g/mol. The highest BCUT2D eigenvalue weighted by Crippen LogP contribution is 2.65. The molecule has 1 saturated carbocycles. The van der Waals surface area contributed by atoms with Gasteiger partial charge in [0.2, 0.25) is 0 Å². The Morgan fingerprint density at radius 2 is 2.17 bits per heavy atom. The van der Waals surface area contributed by atoms with Crippen LogP contribution in [0.2, 0.25) is 0 Å². The number of aliphatic hydroxyl groups is 1. The molecule has 2 aliphatic heterocycles. The molecule has 5 aliphatic rings. The van der Waals surface area contributed by atoms with Crippen molar-refractivity contribution in [1.29, 1.82) is 0 Å². The smallest absolute Gasteiger partial charge is 0.168 e. The van der Waals surface area contributed by atoms with Crippen LogP contribution >= 0.6 is 0 Å². The normalized spacial score (nSPS) is 36.0. The third kappa shape index (κ3) is 2.36. The molecule has 3 aliphatic carbocycles. The number of nitrogens with zero attached hydrogens (tertiary/aromatic N) is 1. The number of hydrogen-bond acceptors (Lipinski definition) is 5. The van der Waals surface area contributed by atoms with Gasteiger partial charge in [-0.2, -0.15) is 0 Å². The Morgan fingerprint density at radius 3 is 2.93 bits per heavy atom. The van der Waals surface area contributed by atoms with Gasteiger partial charge in [0, 0.05) is 24.6 Å². The molecule has 6 rings (SSSR count). The number of hydrogen-bond donors (Lipinski definition) is 1. The summed E-state index contributed by atoms with van der Waals surface area (Å²) in [6, 6.07) is 4.45. The third-order valence-corrected chi connectivity index (χ3v) is 8.36. The van der Waals surface area contributed by atoms with Crippen LogP contribution in [0.3, 0.4) is 0 Å². The molecule has 162 valence electrons. The SMILES string of the molecule is CCCCOc1ccc2c3c1O[C@H]1C(OC)=CC[C@@]4(O)[C@@H](C2)N(CC2CC2)CC[C@]314. The van der Waals surface area contributed by atoms with Crippen molar-refractivity contribution in [3.8, 4) is 11.5 Å². The fourth-order valence-corrected chi connectivity index (χ4v) is 6.69. The molecule has 1 saturated heterocycles. The minimum Gasteiger partial charge on any atom is -0.497 e. The van der Waals surface area contributed by atoms with Gasteiger partial charge in [-0.05, 0) is 62.3 Å². The van der Waals surface area contributed by atoms with E-state index in [1.807, 2.05) is 0 Å². The maximum absolute atomic E-state index is 12.4. The van der Waals surface area contributed by atoms with Crippen LogP contribution in [0, 0.1) is 5.92 Å². The molecule has 5 heteroatoms. The number of rotatable bonds is 7. The zero-order valence-corrected chi connectivity index (χ0v) is 18.2. The van der Waals surface area contributed by atoms with Crippen LogP contribution in [-0.4, -0.2) is 54.6 Å². The lowest BCUT2D eigenvalue weighted by Gasteiger charge is -2.62. The summed E-state index contributed by atoms with van der Waals surface area (Å²) in [6.45, 7) is 5.00. The van der Waals surface area contributed by atoms with E-state index in [0.29, 0.717) is 13.0 Å². The molecule has 0 amide bonds. The lowest BCUT2D eigenvalue weighted by Crippen LogP contribution is -2.75. The summed E-state index contributed by atoms with van der Waals surface area (Å²) >= 11 is 0. The Labute approximate surface area is 179 Å². The van der Waals surface area contributed by atoms with Crippen molar-refractivity contribution in [1.82, 2.24) is 4.90 Å². The Morgan fingerprint density at radius 1 is 1.30 bits per heavy atom. The standard InChI is InChI=1S/C25H33NO4/c1-3-4-13-29-18-8-7-17-14-20-25(27)10-9-19(28-2)23-24(25,21(17)22(18)30-23)11-12-26(20)15-16-5-6-16/h7-9,16,20,23,27H,3-6,10-15H2,1-2H3/t20-,23+,24+,25-/m1/s1. The molecule has 1 aromatic rings. The van der Waals surface area contributed by atoms with E-state index in [9.17, 15) is 5.11 Å². The molecule has 1 N–H and O–H groups in total. The van der Waals surface area contributed by atoms with Crippen molar-refractivity contribution in [3.05, 3.63) is 35.1 Å². The van der Waals surface area contributed by atoms with E-state index < -0.39 is 11.0 Å². The molecule has 4 atom stereocenters. The molecular weight excluding hydrogens is 378 g/mol. The summed E-state index contributed by atoms with van der Waals surface area (Å²) in [7, 11) is 1.72. The fraction of sp³-hybridized carbons (Fsp3) is 0.680. The van der Waals surface area contributed by atoms with Gasteiger partial charge < -0.3 is 19.3 Å². The van der Waals surface area contributed by atoms with Gasteiger partial charge in [-0.3, -0.25) is 4.90 Å².